The molecule has 1 heterocycles. The first-order chi connectivity index (χ1) is 15.0. The number of thioether (sulfide) groups is 1. The summed E-state index contributed by atoms with van der Waals surface area (Å²) in [5.74, 6) is 0.247. The predicted molar refractivity (Wildman–Crippen MR) is 131 cm³/mol. The Kier molecular flexibility index (Phi) is 8.03. The third-order valence-electron chi connectivity index (χ3n) is 4.45. The molecular formula is C24H24N2O3S2. The van der Waals surface area contributed by atoms with Gasteiger partial charge in [0.15, 0.2) is 0 Å². The summed E-state index contributed by atoms with van der Waals surface area (Å²) in [6.45, 7) is 4.57. The molecule has 0 spiro atoms. The van der Waals surface area contributed by atoms with Gasteiger partial charge >= 0.3 is 0 Å². The van der Waals surface area contributed by atoms with Crippen molar-refractivity contribution < 1.29 is 14.3 Å². The first kappa shape index (κ1) is 22.8. The summed E-state index contributed by atoms with van der Waals surface area (Å²) in [4.78, 5) is 27.3. The van der Waals surface area contributed by atoms with Crippen LogP contribution in [0.25, 0.3) is 6.08 Å². The molecule has 5 nitrogen and oxygen atoms in total. The number of rotatable bonds is 8. The first-order valence-electron chi connectivity index (χ1n) is 9.98. The third-order valence-corrected chi connectivity index (χ3v) is 5.83. The number of thiocarbonyl (C=S) groups is 1. The summed E-state index contributed by atoms with van der Waals surface area (Å²) < 4.78 is 5.99. The Morgan fingerprint density at radius 3 is 2.61 bits per heavy atom. The van der Waals surface area contributed by atoms with Crippen LogP contribution in [0.4, 0.5) is 5.69 Å². The Morgan fingerprint density at radius 1 is 1.16 bits per heavy atom. The molecule has 1 saturated heterocycles. The molecule has 1 N–H and O–H groups in total. The van der Waals surface area contributed by atoms with Crippen LogP contribution in [0.5, 0.6) is 5.75 Å². The number of nitrogens with zero attached hydrogens (tertiary/aromatic N) is 1. The monoisotopic (exact) mass is 452 g/mol. The van der Waals surface area contributed by atoms with Gasteiger partial charge in [-0.1, -0.05) is 72.5 Å². The largest absolute Gasteiger partial charge is 0.492 e. The maximum Gasteiger partial charge on any atom is 0.266 e. The number of ether oxygens (including phenoxy) is 1. The number of carbonyl (C=O) groups excluding carboxylic acids is 2. The number of allylic oxidation sites excluding steroid dienone is 2. The topological polar surface area (TPSA) is 58.6 Å². The van der Waals surface area contributed by atoms with Gasteiger partial charge in [-0.05, 0) is 43.2 Å². The molecule has 0 aliphatic carbocycles. The van der Waals surface area contributed by atoms with Crippen molar-refractivity contribution >= 4 is 51.9 Å². The summed E-state index contributed by atoms with van der Waals surface area (Å²) in [5, 5.41) is 2.84. The molecule has 1 aliphatic rings. The average Bonchev–Trinajstić information content (AvgIpc) is 3.01. The lowest BCUT2D eigenvalue weighted by atomic mass is 10.1. The van der Waals surface area contributed by atoms with E-state index < -0.39 is 0 Å². The molecule has 0 bridgehead atoms. The van der Waals surface area contributed by atoms with Crippen molar-refractivity contribution in [2.45, 2.75) is 20.3 Å². The van der Waals surface area contributed by atoms with Crippen molar-refractivity contribution in [2.24, 2.45) is 0 Å². The predicted octanol–water partition coefficient (Wildman–Crippen LogP) is 5.26. The van der Waals surface area contributed by atoms with E-state index in [1.807, 2.05) is 68.5 Å². The highest BCUT2D eigenvalue weighted by Gasteiger charge is 2.32. The Balaban J connectivity index is 1.60. The van der Waals surface area contributed by atoms with E-state index in [-0.39, 0.29) is 24.8 Å². The normalized spacial score (nSPS) is 15.5. The van der Waals surface area contributed by atoms with Gasteiger partial charge in [-0.15, -0.1) is 0 Å². The molecule has 2 amide bonds. The lowest BCUT2D eigenvalue weighted by Crippen LogP contribution is -2.31. The molecule has 0 saturated carbocycles. The lowest BCUT2D eigenvalue weighted by Gasteiger charge is -2.15. The minimum absolute atomic E-state index is 0.138. The zero-order chi connectivity index (χ0) is 22.2. The van der Waals surface area contributed by atoms with Crippen molar-refractivity contribution in [3.63, 3.8) is 0 Å². The van der Waals surface area contributed by atoms with Crippen LogP contribution in [0.15, 0.2) is 71.2 Å². The van der Waals surface area contributed by atoms with Crippen molar-refractivity contribution in [2.75, 3.05) is 18.5 Å². The summed E-state index contributed by atoms with van der Waals surface area (Å²) in [6, 6.07) is 17.2. The van der Waals surface area contributed by atoms with Gasteiger partial charge in [0.05, 0.1) is 17.2 Å². The van der Waals surface area contributed by atoms with Gasteiger partial charge < -0.3 is 10.1 Å². The molecule has 7 heteroatoms. The van der Waals surface area contributed by atoms with Gasteiger partial charge in [0.25, 0.3) is 5.91 Å². The Bertz CT molecular complexity index is 1030. The highest BCUT2D eigenvalue weighted by molar-refractivity contribution is 8.26. The van der Waals surface area contributed by atoms with E-state index in [2.05, 4.69) is 5.32 Å². The fourth-order valence-corrected chi connectivity index (χ4v) is 4.39. The SMILES string of the molecule is CCOc1ccccc1NC(=O)CCN1C(=O)/C(=C\C(C)=C\c2ccccc2)SC1=S. The maximum atomic E-state index is 12.8. The number of nitrogens with one attached hydrogen (secondary N) is 1. The summed E-state index contributed by atoms with van der Waals surface area (Å²) in [6.07, 6.45) is 3.99. The van der Waals surface area contributed by atoms with E-state index in [1.165, 1.54) is 16.7 Å². The van der Waals surface area contributed by atoms with Crippen LogP contribution in [0, 0.1) is 0 Å². The Labute approximate surface area is 192 Å². The van der Waals surface area contributed by atoms with E-state index in [1.54, 1.807) is 12.1 Å². The van der Waals surface area contributed by atoms with Gasteiger partial charge in [-0.25, -0.2) is 0 Å². The van der Waals surface area contributed by atoms with E-state index in [4.69, 9.17) is 17.0 Å². The van der Waals surface area contributed by atoms with Gasteiger partial charge in [0, 0.05) is 13.0 Å². The quantitative estimate of drug-likeness (QED) is 0.437. The van der Waals surface area contributed by atoms with Crippen LogP contribution in [0.3, 0.4) is 0 Å². The fraction of sp³-hybridized carbons (Fsp3) is 0.208. The minimum Gasteiger partial charge on any atom is -0.492 e. The van der Waals surface area contributed by atoms with Crippen molar-refractivity contribution in [1.82, 2.24) is 4.90 Å². The summed E-state index contributed by atoms with van der Waals surface area (Å²) in [5.41, 5.74) is 2.63. The smallest absolute Gasteiger partial charge is 0.266 e. The minimum atomic E-state index is -0.203. The number of para-hydroxylation sites is 2. The van der Waals surface area contributed by atoms with Crippen LogP contribution in [-0.4, -0.2) is 34.2 Å². The molecule has 2 aromatic rings. The standard InChI is InChI=1S/C24H24N2O3S2/c1-3-29-20-12-8-7-11-19(20)25-22(27)13-14-26-23(28)21(31-24(26)30)16-17(2)15-18-9-5-4-6-10-18/h4-12,15-16H,3,13-14H2,1-2H3,(H,25,27)/b17-15+,21-16+. The van der Waals surface area contributed by atoms with Crippen LogP contribution in [0.1, 0.15) is 25.8 Å². The van der Waals surface area contributed by atoms with E-state index >= 15 is 0 Å². The van der Waals surface area contributed by atoms with Gasteiger partial charge in [-0.2, -0.15) is 0 Å². The van der Waals surface area contributed by atoms with E-state index in [0.717, 1.165) is 11.1 Å². The molecule has 1 aliphatic heterocycles. The highest BCUT2D eigenvalue weighted by atomic mass is 32.2. The van der Waals surface area contributed by atoms with Crippen molar-refractivity contribution in [3.05, 3.63) is 76.7 Å². The number of anilines is 1. The lowest BCUT2D eigenvalue weighted by molar-refractivity contribution is -0.122. The van der Waals surface area contributed by atoms with E-state index in [9.17, 15) is 9.59 Å². The van der Waals surface area contributed by atoms with Crippen molar-refractivity contribution in [1.29, 1.82) is 0 Å². The number of carbonyl (C=O) groups is 2. The molecule has 0 radical (unpaired) electrons. The van der Waals surface area contributed by atoms with Crippen molar-refractivity contribution in [3.8, 4) is 5.75 Å². The molecule has 0 unspecified atom stereocenters. The molecule has 3 rings (SSSR count). The highest BCUT2D eigenvalue weighted by Crippen LogP contribution is 2.32. The van der Waals surface area contributed by atoms with E-state index in [0.29, 0.717) is 27.3 Å². The number of amides is 2. The second-order valence-electron chi connectivity index (χ2n) is 6.86. The van der Waals surface area contributed by atoms with Crippen LogP contribution in [-0.2, 0) is 9.59 Å². The second-order valence-corrected chi connectivity index (χ2v) is 8.54. The van der Waals surface area contributed by atoms with Crippen LogP contribution >= 0.6 is 24.0 Å². The van der Waals surface area contributed by atoms with Crippen LogP contribution in [0.2, 0.25) is 0 Å². The average molecular weight is 453 g/mol. The number of hydrogen-bond donors (Lipinski definition) is 1. The molecule has 0 atom stereocenters. The summed E-state index contributed by atoms with van der Waals surface area (Å²) in [7, 11) is 0. The molecular weight excluding hydrogens is 428 g/mol. The molecule has 160 valence electrons. The first-order valence-corrected chi connectivity index (χ1v) is 11.2. The zero-order valence-corrected chi connectivity index (χ0v) is 19.1. The summed E-state index contributed by atoms with van der Waals surface area (Å²) >= 11 is 6.63. The van der Waals surface area contributed by atoms with Gasteiger partial charge in [0.2, 0.25) is 5.91 Å². The molecule has 1 fully saturated rings. The Hall–Kier alpha value is -2.90. The molecule has 0 aromatic heterocycles. The zero-order valence-electron chi connectivity index (χ0n) is 17.5. The molecule has 31 heavy (non-hydrogen) atoms. The van der Waals surface area contributed by atoms with Gasteiger partial charge in [0.1, 0.15) is 10.1 Å². The maximum absolute atomic E-state index is 12.8. The second kappa shape index (κ2) is 10.9. The number of hydrogen-bond acceptors (Lipinski definition) is 5. The Morgan fingerprint density at radius 2 is 1.87 bits per heavy atom. The number of benzene rings is 2. The molecule has 2 aromatic carbocycles. The van der Waals surface area contributed by atoms with Gasteiger partial charge in [-0.3, -0.25) is 14.5 Å². The fourth-order valence-electron chi connectivity index (χ4n) is 3.03. The van der Waals surface area contributed by atoms with Crippen LogP contribution < -0.4 is 10.1 Å². The third kappa shape index (κ3) is 6.29.